The Kier molecular flexibility index (Phi) is 6.65. The molecule has 0 amide bonds. The zero-order chi connectivity index (χ0) is 21.6. The molecular formula is C25H28N6S. The fourth-order valence-electron chi connectivity index (χ4n) is 4.10. The Morgan fingerprint density at radius 3 is 2.34 bits per heavy atom. The van der Waals surface area contributed by atoms with E-state index in [0.29, 0.717) is 0 Å². The van der Waals surface area contributed by atoms with Gasteiger partial charge in [-0.05, 0) is 55.3 Å². The lowest BCUT2D eigenvalue weighted by molar-refractivity contribution is 0.213. The van der Waals surface area contributed by atoms with Crippen molar-refractivity contribution in [2.75, 3.05) is 13.1 Å². The van der Waals surface area contributed by atoms with Gasteiger partial charge in [-0.1, -0.05) is 60.6 Å². The number of benzene rings is 2. The summed E-state index contributed by atoms with van der Waals surface area (Å²) in [5, 5.41) is 14.5. The Morgan fingerprint density at radius 1 is 0.781 bits per heavy atom. The van der Waals surface area contributed by atoms with Gasteiger partial charge in [0.15, 0.2) is 5.16 Å². The maximum atomic E-state index is 4.61. The van der Waals surface area contributed by atoms with Gasteiger partial charge in [0.25, 0.3) is 0 Å². The van der Waals surface area contributed by atoms with Gasteiger partial charge in [0.2, 0.25) is 0 Å². The highest BCUT2D eigenvalue weighted by Crippen LogP contribution is 2.25. The van der Waals surface area contributed by atoms with E-state index in [2.05, 4.69) is 79.4 Å². The number of thioether (sulfide) groups is 1. The smallest absolute Gasteiger partial charge is 0.191 e. The summed E-state index contributed by atoms with van der Waals surface area (Å²) in [6.45, 7) is 3.99. The van der Waals surface area contributed by atoms with E-state index in [9.17, 15) is 0 Å². The third-order valence-corrected chi connectivity index (χ3v) is 6.90. The quantitative estimate of drug-likeness (QED) is 0.366. The highest BCUT2D eigenvalue weighted by molar-refractivity contribution is 7.98. The molecule has 0 N–H and O–H groups in total. The molecule has 0 atom stereocenters. The first-order valence-electron chi connectivity index (χ1n) is 11.3. The Labute approximate surface area is 193 Å². The maximum absolute atomic E-state index is 4.61. The topological polar surface area (TPSA) is 51.8 Å². The van der Waals surface area contributed by atoms with Crippen molar-refractivity contribution in [1.82, 2.24) is 29.4 Å². The molecule has 0 aliphatic carbocycles. The molecule has 4 aromatic rings. The van der Waals surface area contributed by atoms with Crippen LogP contribution in [-0.2, 0) is 18.8 Å². The van der Waals surface area contributed by atoms with Crippen LogP contribution in [0.15, 0.2) is 78.2 Å². The number of nitrogens with zero attached hydrogens (tertiary/aromatic N) is 6. The van der Waals surface area contributed by atoms with E-state index in [1.54, 1.807) is 18.0 Å². The molecule has 0 spiro atoms. The normalized spacial score (nSPS) is 14.6. The zero-order valence-electron chi connectivity index (χ0n) is 18.2. The average molecular weight is 445 g/mol. The summed E-state index contributed by atoms with van der Waals surface area (Å²) in [5.41, 5.74) is 3.61. The minimum absolute atomic E-state index is 0.803. The molecule has 7 heteroatoms. The molecule has 0 saturated carbocycles. The molecule has 0 radical (unpaired) electrons. The molecule has 1 aliphatic rings. The van der Waals surface area contributed by atoms with Gasteiger partial charge in [0.05, 0.1) is 18.8 Å². The first kappa shape index (κ1) is 21.0. The van der Waals surface area contributed by atoms with Crippen molar-refractivity contribution in [2.45, 2.75) is 43.3 Å². The van der Waals surface area contributed by atoms with Crippen LogP contribution < -0.4 is 0 Å². The minimum atomic E-state index is 0.803. The molecule has 0 unspecified atom stereocenters. The van der Waals surface area contributed by atoms with Crippen molar-refractivity contribution >= 4 is 11.8 Å². The monoisotopic (exact) mass is 444 g/mol. The predicted octanol–water partition coefficient (Wildman–Crippen LogP) is 4.79. The summed E-state index contributed by atoms with van der Waals surface area (Å²) in [4.78, 5) is 2.51. The van der Waals surface area contributed by atoms with Gasteiger partial charge < -0.3 is 4.57 Å². The molecule has 5 rings (SSSR count). The molecule has 6 nitrogen and oxygen atoms in total. The second kappa shape index (κ2) is 10.1. The average Bonchev–Trinajstić information content (AvgIpc) is 3.51. The second-order valence-corrected chi connectivity index (χ2v) is 9.16. The Hall–Kier alpha value is -2.90. The van der Waals surface area contributed by atoms with E-state index in [0.717, 1.165) is 48.6 Å². The Balaban J connectivity index is 1.31. The van der Waals surface area contributed by atoms with E-state index >= 15 is 0 Å². The summed E-state index contributed by atoms with van der Waals surface area (Å²) in [7, 11) is 0. The third kappa shape index (κ3) is 5.11. The van der Waals surface area contributed by atoms with Crippen LogP contribution in [0.5, 0.6) is 0 Å². The van der Waals surface area contributed by atoms with Crippen LogP contribution in [0.4, 0.5) is 0 Å². The summed E-state index contributed by atoms with van der Waals surface area (Å²) in [6.07, 6.45) is 7.66. The van der Waals surface area contributed by atoms with Crippen LogP contribution in [0, 0.1) is 0 Å². The summed E-state index contributed by atoms with van der Waals surface area (Å²) in [6, 6.07) is 21.1. The lowest BCUT2D eigenvalue weighted by atomic mass is 10.1. The predicted molar refractivity (Wildman–Crippen MR) is 128 cm³/mol. The number of likely N-dealkylation sites (tertiary alicyclic amines) is 1. The summed E-state index contributed by atoms with van der Waals surface area (Å²) in [5.74, 6) is 1.92. The fraction of sp³-hybridized carbons (Fsp3) is 0.320. The van der Waals surface area contributed by atoms with Crippen molar-refractivity contribution in [3.63, 3.8) is 0 Å². The van der Waals surface area contributed by atoms with Gasteiger partial charge in [0, 0.05) is 18.1 Å². The van der Waals surface area contributed by atoms with E-state index in [1.807, 2.05) is 16.9 Å². The summed E-state index contributed by atoms with van der Waals surface area (Å²) >= 11 is 1.75. The minimum Gasteiger partial charge on any atom is -0.300 e. The molecule has 164 valence electrons. The van der Waals surface area contributed by atoms with Gasteiger partial charge in [0.1, 0.15) is 5.82 Å². The van der Waals surface area contributed by atoms with Crippen LogP contribution in [0.3, 0.4) is 0 Å². The van der Waals surface area contributed by atoms with Crippen LogP contribution in [0.1, 0.15) is 36.2 Å². The molecule has 2 aromatic carbocycles. The molecule has 2 aromatic heterocycles. The fourth-order valence-corrected chi connectivity index (χ4v) is 5.01. The molecule has 1 fully saturated rings. The zero-order valence-corrected chi connectivity index (χ0v) is 19.0. The van der Waals surface area contributed by atoms with Gasteiger partial charge in [-0.25, -0.2) is 4.68 Å². The SMILES string of the molecule is c1ccc(Cn2c(CN3CCCCC3)nnc2SCc2ccc(-n3cccn3)cc2)cc1. The number of rotatable bonds is 8. The van der Waals surface area contributed by atoms with Crippen molar-refractivity contribution in [2.24, 2.45) is 0 Å². The van der Waals surface area contributed by atoms with Gasteiger partial charge >= 0.3 is 0 Å². The second-order valence-electron chi connectivity index (χ2n) is 8.21. The first-order chi connectivity index (χ1) is 15.8. The molecular weight excluding hydrogens is 416 g/mol. The van der Waals surface area contributed by atoms with E-state index in [-0.39, 0.29) is 0 Å². The number of aromatic nitrogens is 5. The highest BCUT2D eigenvalue weighted by atomic mass is 32.2. The number of hydrogen-bond acceptors (Lipinski definition) is 5. The van der Waals surface area contributed by atoms with Gasteiger partial charge in [-0.15, -0.1) is 10.2 Å². The van der Waals surface area contributed by atoms with Gasteiger partial charge in [-0.3, -0.25) is 4.90 Å². The third-order valence-electron chi connectivity index (χ3n) is 5.86. The highest BCUT2D eigenvalue weighted by Gasteiger charge is 2.18. The lowest BCUT2D eigenvalue weighted by Gasteiger charge is -2.26. The molecule has 0 bridgehead atoms. The Morgan fingerprint density at radius 2 is 1.59 bits per heavy atom. The molecule has 1 aliphatic heterocycles. The van der Waals surface area contributed by atoms with Crippen LogP contribution >= 0.6 is 11.8 Å². The maximum Gasteiger partial charge on any atom is 0.191 e. The molecule has 3 heterocycles. The number of piperidine rings is 1. The lowest BCUT2D eigenvalue weighted by Crippen LogP contribution is -2.30. The van der Waals surface area contributed by atoms with E-state index < -0.39 is 0 Å². The summed E-state index contributed by atoms with van der Waals surface area (Å²) < 4.78 is 4.17. The van der Waals surface area contributed by atoms with Crippen molar-refractivity contribution in [1.29, 1.82) is 0 Å². The van der Waals surface area contributed by atoms with Crippen molar-refractivity contribution in [3.05, 3.63) is 90.0 Å². The van der Waals surface area contributed by atoms with Gasteiger partial charge in [-0.2, -0.15) is 5.10 Å². The Bertz CT molecular complexity index is 1100. The van der Waals surface area contributed by atoms with Crippen molar-refractivity contribution in [3.8, 4) is 5.69 Å². The van der Waals surface area contributed by atoms with Crippen LogP contribution in [0.2, 0.25) is 0 Å². The van der Waals surface area contributed by atoms with Crippen molar-refractivity contribution < 1.29 is 0 Å². The van der Waals surface area contributed by atoms with Crippen LogP contribution in [0.25, 0.3) is 5.69 Å². The standard InChI is InChI=1S/C25H28N6S/c1-3-8-21(9-4-1)18-30-24(19-29-15-5-2-6-16-29)27-28-25(30)32-20-22-10-12-23(13-11-22)31-17-7-14-26-31/h1,3-4,7-14,17H,2,5-6,15-16,18-20H2. The largest absolute Gasteiger partial charge is 0.300 e. The first-order valence-corrected chi connectivity index (χ1v) is 12.2. The van der Waals surface area contributed by atoms with E-state index in [1.165, 1.54) is 30.4 Å². The molecule has 32 heavy (non-hydrogen) atoms. The molecule has 1 saturated heterocycles. The number of hydrogen-bond donors (Lipinski definition) is 0. The van der Waals surface area contributed by atoms with E-state index in [4.69, 9.17) is 0 Å². The van der Waals surface area contributed by atoms with Crippen LogP contribution in [-0.4, -0.2) is 42.5 Å².